The summed E-state index contributed by atoms with van der Waals surface area (Å²) in [6, 6.07) is 0.293. The maximum absolute atomic E-state index is 12.6. The minimum Gasteiger partial charge on any atom is -0.479 e. The third-order valence-electron chi connectivity index (χ3n) is 4.93. The van der Waals surface area contributed by atoms with Gasteiger partial charge in [0.15, 0.2) is 6.10 Å². The summed E-state index contributed by atoms with van der Waals surface area (Å²) in [5.74, 6) is -1.43. The molecule has 3 fully saturated rings. The molecule has 1 aliphatic carbocycles. The standard InChI is InChI=1S/C15H22N2O5/c18-13-7-10(8-17(13)11-3-1-2-4-11)14(19)16-5-6-22-12(9-16)15(20)21/h10-12H,1-9H2,(H,20,21). The molecule has 2 amide bonds. The molecule has 22 heavy (non-hydrogen) atoms. The average molecular weight is 310 g/mol. The minimum atomic E-state index is -1.05. The molecule has 3 rings (SSSR count). The number of likely N-dealkylation sites (tertiary alicyclic amines) is 1. The summed E-state index contributed by atoms with van der Waals surface area (Å²) in [4.78, 5) is 39.1. The lowest BCUT2D eigenvalue weighted by molar-refractivity contribution is -0.160. The van der Waals surface area contributed by atoms with E-state index in [4.69, 9.17) is 9.84 Å². The lowest BCUT2D eigenvalue weighted by Gasteiger charge is -2.32. The molecule has 7 heteroatoms. The average Bonchev–Trinajstić information content (AvgIpc) is 3.15. The number of amides is 2. The van der Waals surface area contributed by atoms with Gasteiger partial charge in [0.25, 0.3) is 0 Å². The van der Waals surface area contributed by atoms with Crippen LogP contribution in [-0.2, 0) is 19.1 Å². The second-order valence-electron chi connectivity index (χ2n) is 6.37. The fourth-order valence-corrected chi connectivity index (χ4v) is 3.72. The Labute approximate surface area is 129 Å². The Balaban J connectivity index is 1.60. The predicted molar refractivity (Wildman–Crippen MR) is 76.0 cm³/mol. The van der Waals surface area contributed by atoms with Crippen molar-refractivity contribution in [2.75, 3.05) is 26.2 Å². The molecule has 0 aromatic heterocycles. The maximum atomic E-state index is 12.6. The van der Waals surface area contributed by atoms with Gasteiger partial charge in [-0.05, 0) is 12.8 Å². The van der Waals surface area contributed by atoms with E-state index < -0.39 is 12.1 Å². The number of carbonyl (C=O) groups excluding carboxylic acids is 2. The van der Waals surface area contributed by atoms with Crippen molar-refractivity contribution >= 4 is 17.8 Å². The van der Waals surface area contributed by atoms with Gasteiger partial charge in [0, 0.05) is 25.6 Å². The Hall–Kier alpha value is -1.63. The van der Waals surface area contributed by atoms with Gasteiger partial charge < -0.3 is 19.6 Å². The van der Waals surface area contributed by atoms with Gasteiger partial charge in [-0.25, -0.2) is 4.79 Å². The third kappa shape index (κ3) is 2.95. The zero-order valence-corrected chi connectivity index (χ0v) is 12.6. The Kier molecular flexibility index (Phi) is 4.33. The molecule has 0 aromatic rings. The first-order valence-electron chi connectivity index (χ1n) is 7.99. The highest BCUT2D eigenvalue weighted by Crippen LogP contribution is 2.30. The summed E-state index contributed by atoms with van der Waals surface area (Å²) >= 11 is 0. The summed E-state index contributed by atoms with van der Waals surface area (Å²) in [5, 5.41) is 9.01. The number of hydrogen-bond acceptors (Lipinski definition) is 4. The molecule has 2 heterocycles. The Bertz CT molecular complexity index is 475. The van der Waals surface area contributed by atoms with Crippen LogP contribution in [-0.4, -0.2) is 71.1 Å². The second-order valence-corrected chi connectivity index (χ2v) is 6.37. The van der Waals surface area contributed by atoms with E-state index in [-0.39, 0.29) is 37.3 Å². The van der Waals surface area contributed by atoms with Gasteiger partial charge >= 0.3 is 5.97 Å². The van der Waals surface area contributed by atoms with Crippen LogP contribution in [0, 0.1) is 5.92 Å². The van der Waals surface area contributed by atoms with Crippen molar-refractivity contribution in [3.8, 4) is 0 Å². The molecule has 3 aliphatic rings. The van der Waals surface area contributed by atoms with E-state index in [1.807, 2.05) is 4.90 Å². The number of rotatable bonds is 3. The molecule has 2 unspecified atom stereocenters. The van der Waals surface area contributed by atoms with Crippen LogP contribution < -0.4 is 0 Å². The summed E-state index contributed by atoms with van der Waals surface area (Å²) in [5.41, 5.74) is 0. The van der Waals surface area contributed by atoms with E-state index in [2.05, 4.69) is 0 Å². The molecule has 122 valence electrons. The highest BCUT2D eigenvalue weighted by Gasteiger charge is 2.41. The van der Waals surface area contributed by atoms with Crippen LogP contribution in [0.25, 0.3) is 0 Å². The van der Waals surface area contributed by atoms with Crippen LogP contribution in [0.1, 0.15) is 32.1 Å². The Morgan fingerprint density at radius 2 is 1.91 bits per heavy atom. The van der Waals surface area contributed by atoms with Gasteiger partial charge in [-0.3, -0.25) is 9.59 Å². The normalized spacial score (nSPS) is 30.1. The monoisotopic (exact) mass is 310 g/mol. The molecule has 7 nitrogen and oxygen atoms in total. The van der Waals surface area contributed by atoms with E-state index in [0.717, 1.165) is 25.7 Å². The van der Waals surface area contributed by atoms with Gasteiger partial charge in [0.05, 0.1) is 19.1 Å². The molecule has 1 saturated carbocycles. The number of carboxylic acid groups (broad SMARTS) is 1. The number of aliphatic carboxylic acids is 1. The summed E-state index contributed by atoms with van der Waals surface area (Å²) < 4.78 is 5.14. The summed E-state index contributed by atoms with van der Waals surface area (Å²) in [7, 11) is 0. The van der Waals surface area contributed by atoms with Crippen molar-refractivity contribution in [3.63, 3.8) is 0 Å². The van der Waals surface area contributed by atoms with Gasteiger partial charge in [0.2, 0.25) is 11.8 Å². The molecular formula is C15H22N2O5. The quantitative estimate of drug-likeness (QED) is 0.798. The van der Waals surface area contributed by atoms with Crippen LogP contribution in [0.3, 0.4) is 0 Å². The minimum absolute atomic E-state index is 0.0632. The largest absolute Gasteiger partial charge is 0.479 e. The fraction of sp³-hybridized carbons (Fsp3) is 0.800. The van der Waals surface area contributed by atoms with Crippen molar-refractivity contribution in [2.45, 2.75) is 44.2 Å². The first kappa shape index (κ1) is 15.3. The maximum Gasteiger partial charge on any atom is 0.334 e. The number of morpholine rings is 1. The van der Waals surface area contributed by atoms with Gasteiger partial charge in [-0.1, -0.05) is 12.8 Å². The van der Waals surface area contributed by atoms with Crippen molar-refractivity contribution < 1.29 is 24.2 Å². The lowest BCUT2D eigenvalue weighted by atomic mass is 10.1. The predicted octanol–water partition coefficient (Wildman–Crippen LogP) is 0.0895. The smallest absolute Gasteiger partial charge is 0.334 e. The van der Waals surface area contributed by atoms with Crippen molar-refractivity contribution in [1.82, 2.24) is 9.80 Å². The van der Waals surface area contributed by atoms with E-state index in [1.54, 1.807) is 4.90 Å². The third-order valence-corrected chi connectivity index (χ3v) is 4.93. The lowest BCUT2D eigenvalue weighted by Crippen LogP contribution is -2.50. The molecular weight excluding hydrogens is 288 g/mol. The number of carboxylic acids is 1. The van der Waals surface area contributed by atoms with Gasteiger partial charge in [-0.15, -0.1) is 0 Å². The van der Waals surface area contributed by atoms with Crippen molar-refractivity contribution in [3.05, 3.63) is 0 Å². The molecule has 2 aliphatic heterocycles. The molecule has 2 atom stereocenters. The highest BCUT2D eigenvalue weighted by molar-refractivity contribution is 5.89. The number of carbonyl (C=O) groups is 3. The molecule has 0 bridgehead atoms. The number of ether oxygens (including phenoxy) is 1. The zero-order chi connectivity index (χ0) is 15.7. The fourth-order valence-electron chi connectivity index (χ4n) is 3.72. The molecule has 1 N–H and O–H groups in total. The molecule has 0 aromatic carbocycles. The van der Waals surface area contributed by atoms with Crippen molar-refractivity contribution in [2.24, 2.45) is 5.92 Å². The van der Waals surface area contributed by atoms with Gasteiger partial charge in [-0.2, -0.15) is 0 Å². The zero-order valence-electron chi connectivity index (χ0n) is 12.6. The molecule has 2 saturated heterocycles. The van der Waals surface area contributed by atoms with E-state index in [1.165, 1.54) is 0 Å². The van der Waals surface area contributed by atoms with Crippen LogP contribution >= 0.6 is 0 Å². The van der Waals surface area contributed by atoms with E-state index in [0.29, 0.717) is 19.1 Å². The van der Waals surface area contributed by atoms with Crippen LogP contribution in [0.15, 0.2) is 0 Å². The topological polar surface area (TPSA) is 87.2 Å². The van der Waals surface area contributed by atoms with Gasteiger partial charge in [0.1, 0.15) is 0 Å². The Morgan fingerprint density at radius 1 is 1.18 bits per heavy atom. The SMILES string of the molecule is O=C(O)C1CN(C(=O)C2CC(=O)N(C3CCCC3)C2)CCO1. The van der Waals surface area contributed by atoms with Crippen molar-refractivity contribution in [1.29, 1.82) is 0 Å². The van der Waals surface area contributed by atoms with E-state index in [9.17, 15) is 14.4 Å². The number of nitrogens with zero attached hydrogens (tertiary/aromatic N) is 2. The first-order chi connectivity index (χ1) is 10.6. The molecule has 0 radical (unpaired) electrons. The van der Waals surface area contributed by atoms with Crippen LogP contribution in [0.2, 0.25) is 0 Å². The summed E-state index contributed by atoms with van der Waals surface area (Å²) in [6.45, 7) is 1.19. The highest BCUT2D eigenvalue weighted by atomic mass is 16.5. The summed E-state index contributed by atoms with van der Waals surface area (Å²) in [6.07, 6.45) is 3.66. The molecule has 0 spiro atoms. The van der Waals surface area contributed by atoms with Crippen LogP contribution in [0.4, 0.5) is 0 Å². The second kappa shape index (κ2) is 6.24. The first-order valence-corrected chi connectivity index (χ1v) is 7.99. The Morgan fingerprint density at radius 3 is 2.59 bits per heavy atom. The van der Waals surface area contributed by atoms with E-state index >= 15 is 0 Å². The number of hydrogen-bond donors (Lipinski definition) is 1. The van der Waals surface area contributed by atoms with Crippen LogP contribution in [0.5, 0.6) is 0 Å².